The summed E-state index contributed by atoms with van der Waals surface area (Å²) < 4.78 is 5.07. The standard InChI is InChI=1S/C19H19NO4/c1-2-24-19(23)13-5-3-4-6-14(13)20-17(21)15-11-7-8-12(10-9-11)16(15)18(20)22/h3-8,11-12,15-16H,2,9-10H2,1H3/t11-,12-,15+,16+/m1/s1. The maximum absolute atomic E-state index is 13.0. The summed E-state index contributed by atoms with van der Waals surface area (Å²) >= 11 is 0. The number of hydrogen-bond donors (Lipinski definition) is 0. The van der Waals surface area contributed by atoms with Crippen molar-refractivity contribution in [1.82, 2.24) is 0 Å². The van der Waals surface area contributed by atoms with Crippen molar-refractivity contribution in [2.45, 2.75) is 19.8 Å². The van der Waals surface area contributed by atoms with Crippen LogP contribution in [0.25, 0.3) is 0 Å². The van der Waals surface area contributed by atoms with Crippen LogP contribution in [0.3, 0.4) is 0 Å². The minimum atomic E-state index is -0.510. The molecular formula is C19H19NO4. The fourth-order valence-electron chi connectivity index (χ4n) is 4.36. The highest BCUT2D eigenvalue weighted by Crippen LogP contribution is 2.50. The molecule has 124 valence electrons. The number of para-hydroxylation sites is 1. The number of ether oxygens (including phenoxy) is 1. The van der Waals surface area contributed by atoms with Gasteiger partial charge in [0.1, 0.15) is 0 Å². The molecule has 2 amide bonds. The first-order valence-electron chi connectivity index (χ1n) is 8.45. The van der Waals surface area contributed by atoms with Gasteiger partial charge in [0.05, 0.1) is 29.7 Å². The topological polar surface area (TPSA) is 63.7 Å². The normalized spacial score (nSPS) is 30.6. The van der Waals surface area contributed by atoms with Gasteiger partial charge >= 0.3 is 5.97 Å². The van der Waals surface area contributed by atoms with Gasteiger partial charge in [-0.2, -0.15) is 0 Å². The quantitative estimate of drug-likeness (QED) is 0.487. The summed E-state index contributed by atoms with van der Waals surface area (Å²) in [6.45, 7) is 1.97. The average Bonchev–Trinajstić information content (AvgIpc) is 2.89. The summed E-state index contributed by atoms with van der Waals surface area (Å²) in [6.07, 6.45) is 6.08. The second kappa shape index (κ2) is 5.58. The molecular weight excluding hydrogens is 306 g/mol. The predicted octanol–water partition coefficient (Wildman–Crippen LogP) is 2.56. The number of imide groups is 1. The number of fused-ring (bicyclic) bond motifs is 1. The molecule has 0 spiro atoms. The predicted molar refractivity (Wildman–Crippen MR) is 87.2 cm³/mol. The Morgan fingerprint density at radius 3 is 2.21 bits per heavy atom. The number of anilines is 1. The van der Waals surface area contributed by atoms with Crippen molar-refractivity contribution in [2.24, 2.45) is 23.7 Å². The molecule has 5 nitrogen and oxygen atoms in total. The zero-order valence-electron chi connectivity index (χ0n) is 13.5. The molecule has 5 rings (SSSR count). The molecule has 0 N–H and O–H groups in total. The van der Waals surface area contributed by atoms with Gasteiger partial charge in [-0.3, -0.25) is 9.59 Å². The van der Waals surface area contributed by atoms with Crippen LogP contribution in [-0.2, 0) is 14.3 Å². The van der Waals surface area contributed by atoms with Crippen LogP contribution >= 0.6 is 0 Å². The molecule has 2 fully saturated rings. The van der Waals surface area contributed by atoms with E-state index in [1.54, 1.807) is 31.2 Å². The first kappa shape index (κ1) is 15.1. The second-order valence-electron chi connectivity index (χ2n) is 6.59. The third-order valence-electron chi connectivity index (χ3n) is 5.40. The summed E-state index contributed by atoms with van der Waals surface area (Å²) in [5.74, 6) is -1.16. The number of carbonyl (C=O) groups is 3. The number of esters is 1. The van der Waals surface area contributed by atoms with E-state index in [0.29, 0.717) is 5.69 Å². The van der Waals surface area contributed by atoms with Crippen molar-refractivity contribution in [3.63, 3.8) is 0 Å². The first-order chi connectivity index (χ1) is 11.6. The number of benzene rings is 1. The van der Waals surface area contributed by atoms with Gasteiger partial charge in [0.2, 0.25) is 11.8 Å². The van der Waals surface area contributed by atoms with Crippen LogP contribution in [-0.4, -0.2) is 24.4 Å². The van der Waals surface area contributed by atoms with Crippen molar-refractivity contribution < 1.29 is 19.1 Å². The largest absolute Gasteiger partial charge is 0.462 e. The van der Waals surface area contributed by atoms with E-state index in [-0.39, 0.29) is 47.7 Å². The van der Waals surface area contributed by atoms with Gasteiger partial charge in [-0.05, 0) is 43.7 Å². The van der Waals surface area contributed by atoms with E-state index in [4.69, 9.17) is 4.74 Å². The lowest BCUT2D eigenvalue weighted by Crippen LogP contribution is -2.38. The van der Waals surface area contributed by atoms with Crippen molar-refractivity contribution in [3.8, 4) is 0 Å². The summed E-state index contributed by atoms with van der Waals surface area (Å²) in [4.78, 5) is 39.4. The van der Waals surface area contributed by atoms with E-state index in [9.17, 15) is 14.4 Å². The lowest BCUT2D eigenvalue weighted by atomic mass is 9.63. The highest BCUT2D eigenvalue weighted by molar-refractivity contribution is 6.24. The SMILES string of the molecule is CCOC(=O)c1ccccc1N1C(=O)[C@@H]2[C@@H](C1=O)[C@@H]1C=C[C@@H]2CC1. The Balaban J connectivity index is 1.75. The molecule has 2 bridgehead atoms. The van der Waals surface area contributed by atoms with Crippen LogP contribution in [0.4, 0.5) is 5.69 Å². The van der Waals surface area contributed by atoms with E-state index >= 15 is 0 Å². The maximum Gasteiger partial charge on any atom is 0.340 e. The van der Waals surface area contributed by atoms with Crippen LogP contribution in [0.5, 0.6) is 0 Å². The number of carbonyl (C=O) groups excluding carboxylic acids is 3. The lowest BCUT2D eigenvalue weighted by Gasteiger charge is -2.38. The molecule has 24 heavy (non-hydrogen) atoms. The van der Waals surface area contributed by atoms with E-state index < -0.39 is 5.97 Å². The summed E-state index contributed by atoms with van der Waals surface area (Å²) in [5, 5.41) is 0. The van der Waals surface area contributed by atoms with Gasteiger partial charge < -0.3 is 4.74 Å². The van der Waals surface area contributed by atoms with Crippen LogP contribution < -0.4 is 4.90 Å². The number of hydrogen-bond acceptors (Lipinski definition) is 4. The summed E-state index contributed by atoms with van der Waals surface area (Å²) in [6, 6.07) is 6.68. The molecule has 1 aromatic rings. The molecule has 1 heterocycles. The molecule has 5 heteroatoms. The van der Waals surface area contributed by atoms with Crippen molar-refractivity contribution >= 4 is 23.5 Å². The van der Waals surface area contributed by atoms with Crippen molar-refractivity contribution in [2.75, 3.05) is 11.5 Å². The molecule has 3 aliphatic carbocycles. The van der Waals surface area contributed by atoms with Gasteiger partial charge in [-0.15, -0.1) is 0 Å². The Hall–Kier alpha value is -2.43. The highest BCUT2D eigenvalue weighted by Gasteiger charge is 2.57. The Morgan fingerprint density at radius 2 is 1.67 bits per heavy atom. The van der Waals surface area contributed by atoms with Crippen LogP contribution in [0.15, 0.2) is 36.4 Å². The molecule has 1 aliphatic heterocycles. The smallest absolute Gasteiger partial charge is 0.340 e. The van der Waals surface area contributed by atoms with E-state index in [1.165, 1.54) is 4.90 Å². The van der Waals surface area contributed by atoms with Crippen molar-refractivity contribution in [3.05, 3.63) is 42.0 Å². The zero-order valence-corrected chi connectivity index (χ0v) is 13.5. The van der Waals surface area contributed by atoms with E-state index in [1.807, 2.05) is 0 Å². The maximum atomic E-state index is 13.0. The molecule has 4 atom stereocenters. The minimum absolute atomic E-state index is 0.135. The molecule has 0 unspecified atom stereocenters. The Kier molecular flexibility index (Phi) is 3.52. The zero-order chi connectivity index (χ0) is 16.8. The lowest BCUT2D eigenvalue weighted by molar-refractivity contribution is -0.124. The minimum Gasteiger partial charge on any atom is -0.462 e. The third-order valence-corrected chi connectivity index (χ3v) is 5.40. The highest BCUT2D eigenvalue weighted by atomic mass is 16.5. The molecule has 0 aromatic heterocycles. The fraction of sp³-hybridized carbons (Fsp3) is 0.421. The van der Waals surface area contributed by atoms with E-state index in [0.717, 1.165) is 12.8 Å². The number of allylic oxidation sites excluding steroid dienone is 2. The average molecular weight is 325 g/mol. The number of rotatable bonds is 3. The third kappa shape index (κ3) is 2.04. The molecule has 0 radical (unpaired) electrons. The van der Waals surface area contributed by atoms with Gasteiger partial charge in [0.25, 0.3) is 0 Å². The fourth-order valence-corrected chi connectivity index (χ4v) is 4.36. The summed E-state index contributed by atoms with van der Waals surface area (Å²) in [5.41, 5.74) is 0.611. The Morgan fingerprint density at radius 1 is 1.08 bits per heavy atom. The molecule has 1 aromatic carbocycles. The molecule has 4 aliphatic rings. The summed E-state index contributed by atoms with van der Waals surface area (Å²) in [7, 11) is 0. The van der Waals surface area contributed by atoms with Gasteiger partial charge in [0, 0.05) is 0 Å². The monoisotopic (exact) mass is 325 g/mol. The van der Waals surface area contributed by atoms with Gasteiger partial charge in [0.15, 0.2) is 0 Å². The number of nitrogens with zero attached hydrogens (tertiary/aromatic N) is 1. The van der Waals surface area contributed by atoms with Gasteiger partial charge in [-0.25, -0.2) is 9.69 Å². The van der Waals surface area contributed by atoms with Crippen LogP contribution in [0.1, 0.15) is 30.1 Å². The van der Waals surface area contributed by atoms with Crippen LogP contribution in [0.2, 0.25) is 0 Å². The van der Waals surface area contributed by atoms with Crippen LogP contribution in [0, 0.1) is 23.7 Å². The Labute approximate surface area is 140 Å². The first-order valence-corrected chi connectivity index (χ1v) is 8.45. The van der Waals surface area contributed by atoms with Gasteiger partial charge in [-0.1, -0.05) is 24.3 Å². The molecule has 1 saturated carbocycles. The molecule has 1 saturated heterocycles. The number of amides is 2. The second-order valence-corrected chi connectivity index (χ2v) is 6.59. The van der Waals surface area contributed by atoms with E-state index in [2.05, 4.69) is 12.2 Å². The van der Waals surface area contributed by atoms with Crippen molar-refractivity contribution in [1.29, 1.82) is 0 Å². The Bertz CT molecular complexity index is 721.